The molecular weight excluding hydrogens is 238 g/mol. The first-order chi connectivity index (χ1) is 6.84. The van der Waals surface area contributed by atoms with Crippen LogP contribution in [0.3, 0.4) is 0 Å². The Morgan fingerprint density at radius 1 is 1.14 bits per heavy atom. The zero-order chi connectivity index (χ0) is 9.54. The van der Waals surface area contributed by atoms with Gasteiger partial charge in [-0.2, -0.15) is 0 Å². The van der Waals surface area contributed by atoms with Gasteiger partial charge in [-0.3, -0.25) is 0 Å². The van der Waals surface area contributed by atoms with Crippen LogP contribution in [0, 0.1) is 0 Å². The van der Waals surface area contributed by atoms with Crippen LogP contribution in [0.1, 0.15) is 12.8 Å². The fourth-order valence-electron chi connectivity index (χ4n) is 2.04. The molecule has 0 spiro atoms. The van der Waals surface area contributed by atoms with E-state index < -0.39 is 0 Å². The molecule has 0 radical (unpaired) electrons. The summed E-state index contributed by atoms with van der Waals surface area (Å²) in [7, 11) is 0. The van der Waals surface area contributed by atoms with Crippen LogP contribution in [-0.4, -0.2) is 4.98 Å². The molecule has 2 aromatic rings. The zero-order valence-corrected chi connectivity index (χ0v) is 9.26. The van der Waals surface area contributed by atoms with Crippen LogP contribution >= 0.6 is 15.9 Å². The van der Waals surface area contributed by atoms with E-state index in [1.54, 1.807) is 0 Å². The second-order valence-electron chi connectivity index (χ2n) is 3.63. The van der Waals surface area contributed by atoms with Crippen LogP contribution in [0.4, 0.5) is 0 Å². The van der Waals surface area contributed by atoms with Crippen LogP contribution in [0.2, 0.25) is 0 Å². The maximum absolute atomic E-state index is 3.51. The molecule has 1 nitrogen and oxygen atoms in total. The molecule has 2 heteroatoms. The molecule has 1 heterocycles. The maximum atomic E-state index is 3.51. The lowest BCUT2D eigenvalue weighted by atomic mass is 10.1. The Morgan fingerprint density at radius 3 is 2.93 bits per heavy atom. The Kier molecular flexibility index (Phi) is 1.77. The summed E-state index contributed by atoms with van der Waals surface area (Å²) < 4.78 is 1.14. The normalized spacial score (nSPS) is 14.6. The van der Waals surface area contributed by atoms with E-state index >= 15 is 0 Å². The van der Waals surface area contributed by atoms with E-state index in [1.807, 2.05) is 0 Å². The van der Waals surface area contributed by atoms with Crippen molar-refractivity contribution in [1.29, 1.82) is 0 Å². The Balaban J connectivity index is 2.57. The Hall–Kier alpha value is -1.02. The van der Waals surface area contributed by atoms with E-state index in [2.05, 4.69) is 51.3 Å². The summed E-state index contributed by atoms with van der Waals surface area (Å²) in [6.07, 6.45) is 6.91. The van der Waals surface area contributed by atoms with Crippen LogP contribution in [0.5, 0.6) is 0 Å². The van der Waals surface area contributed by atoms with Crippen LogP contribution in [0.25, 0.3) is 23.1 Å². The lowest BCUT2D eigenvalue weighted by Crippen LogP contribution is -2.24. The smallest absolute Gasteiger partial charge is 0.0465 e. The van der Waals surface area contributed by atoms with Gasteiger partial charge in [-0.15, -0.1) is 0 Å². The number of fused-ring (bicyclic) bond motifs is 3. The number of hydrogen-bond acceptors (Lipinski definition) is 0. The number of halogens is 1. The molecule has 0 unspecified atom stereocenters. The highest BCUT2D eigenvalue weighted by molar-refractivity contribution is 9.10. The first-order valence-corrected chi connectivity index (χ1v) is 5.61. The summed E-state index contributed by atoms with van der Waals surface area (Å²) in [5, 5.41) is 3.97. The van der Waals surface area contributed by atoms with E-state index in [9.17, 15) is 0 Å². The van der Waals surface area contributed by atoms with E-state index in [-0.39, 0.29) is 0 Å². The van der Waals surface area contributed by atoms with Gasteiger partial charge >= 0.3 is 0 Å². The topological polar surface area (TPSA) is 15.8 Å². The van der Waals surface area contributed by atoms with Gasteiger partial charge in [-0.05, 0) is 31.0 Å². The second kappa shape index (κ2) is 2.99. The van der Waals surface area contributed by atoms with Crippen LogP contribution in [0.15, 0.2) is 22.7 Å². The van der Waals surface area contributed by atoms with Crippen molar-refractivity contribution in [2.75, 3.05) is 0 Å². The Labute approximate surface area is 90.3 Å². The number of aromatic amines is 1. The molecule has 1 aliphatic carbocycles. The third-order valence-corrected chi connectivity index (χ3v) is 3.19. The van der Waals surface area contributed by atoms with Gasteiger partial charge in [0.2, 0.25) is 0 Å². The number of aromatic nitrogens is 1. The predicted molar refractivity (Wildman–Crippen MR) is 63.4 cm³/mol. The van der Waals surface area contributed by atoms with Gasteiger partial charge in [0.05, 0.1) is 0 Å². The van der Waals surface area contributed by atoms with Gasteiger partial charge in [0.1, 0.15) is 0 Å². The molecular formula is C12H10BrN. The van der Waals surface area contributed by atoms with Gasteiger partial charge in [-0.25, -0.2) is 0 Å². The predicted octanol–water partition coefficient (Wildman–Crippen LogP) is 2.29. The monoisotopic (exact) mass is 247 g/mol. The minimum atomic E-state index is 1.14. The van der Waals surface area contributed by atoms with E-state index in [4.69, 9.17) is 0 Å². The SMILES string of the molecule is Brc1ccc2[nH]c3c(c2c1)=CCCC=3. The molecule has 1 aliphatic rings. The second-order valence-corrected chi connectivity index (χ2v) is 4.54. The van der Waals surface area contributed by atoms with Crippen LogP contribution < -0.4 is 10.6 Å². The number of rotatable bonds is 0. The number of benzene rings is 1. The first-order valence-electron chi connectivity index (χ1n) is 4.82. The minimum Gasteiger partial charge on any atom is -0.355 e. The highest BCUT2D eigenvalue weighted by Crippen LogP contribution is 2.15. The molecule has 0 fully saturated rings. The van der Waals surface area contributed by atoms with Crippen molar-refractivity contribution in [3.63, 3.8) is 0 Å². The summed E-state index contributed by atoms with van der Waals surface area (Å²) in [6, 6.07) is 6.38. The molecule has 3 rings (SSSR count). The summed E-state index contributed by atoms with van der Waals surface area (Å²) >= 11 is 3.51. The molecule has 1 aromatic carbocycles. The largest absolute Gasteiger partial charge is 0.355 e. The van der Waals surface area contributed by atoms with Crippen molar-refractivity contribution in [1.82, 2.24) is 4.98 Å². The van der Waals surface area contributed by atoms with Crippen molar-refractivity contribution < 1.29 is 0 Å². The van der Waals surface area contributed by atoms with Crippen molar-refractivity contribution >= 4 is 39.0 Å². The van der Waals surface area contributed by atoms with Gasteiger partial charge in [0, 0.05) is 25.9 Å². The highest BCUT2D eigenvalue weighted by Gasteiger charge is 2.02. The quantitative estimate of drug-likeness (QED) is 0.736. The van der Waals surface area contributed by atoms with Gasteiger partial charge in [0.25, 0.3) is 0 Å². The van der Waals surface area contributed by atoms with Crippen molar-refractivity contribution in [3.05, 3.63) is 33.2 Å². The van der Waals surface area contributed by atoms with E-state index in [0.29, 0.717) is 0 Å². The zero-order valence-electron chi connectivity index (χ0n) is 7.68. The van der Waals surface area contributed by atoms with E-state index in [1.165, 1.54) is 21.5 Å². The molecule has 1 aromatic heterocycles. The Morgan fingerprint density at radius 2 is 2.00 bits per heavy atom. The molecule has 0 atom stereocenters. The summed E-state index contributed by atoms with van der Waals surface area (Å²) in [5.41, 5.74) is 1.23. The summed E-state index contributed by atoms with van der Waals surface area (Å²) in [4.78, 5) is 3.44. The first kappa shape index (κ1) is 8.30. The number of hydrogen-bond donors (Lipinski definition) is 1. The summed E-state index contributed by atoms with van der Waals surface area (Å²) in [5.74, 6) is 0. The molecule has 0 bridgehead atoms. The summed E-state index contributed by atoms with van der Waals surface area (Å²) in [6.45, 7) is 0. The fraction of sp³-hybridized carbons (Fsp3) is 0.167. The molecule has 0 saturated carbocycles. The molecule has 70 valence electrons. The van der Waals surface area contributed by atoms with Crippen molar-refractivity contribution in [3.8, 4) is 0 Å². The third kappa shape index (κ3) is 1.14. The third-order valence-electron chi connectivity index (χ3n) is 2.69. The molecule has 0 aliphatic heterocycles. The molecule has 14 heavy (non-hydrogen) atoms. The fourth-order valence-corrected chi connectivity index (χ4v) is 2.40. The van der Waals surface area contributed by atoms with E-state index in [0.717, 1.165) is 17.3 Å². The lowest BCUT2D eigenvalue weighted by Gasteiger charge is -1.93. The molecule has 0 amide bonds. The standard InChI is InChI=1S/C12H10BrN/c13-8-5-6-12-10(7-8)9-3-1-2-4-11(9)14-12/h3-7,14H,1-2H2. The van der Waals surface area contributed by atoms with Gasteiger partial charge in [0.15, 0.2) is 0 Å². The molecule has 1 N–H and O–H groups in total. The number of nitrogens with one attached hydrogen (secondary N) is 1. The lowest BCUT2D eigenvalue weighted by molar-refractivity contribution is 1.11. The van der Waals surface area contributed by atoms with Crippen LogP contribution in [-0.2, 0) is 0 Å². The van der Waals surface area contributed by atoms with Gasteiger partial charge < -0.3 is 4.98 Å². The highest BCUT2D eigenvalue weighted by atomic mass is 79.9. The Bertz CT molecular complexity index is 607. The number of H-pyrrole nitrogens is 1. The van der Waals surface area contributed by atoms with Crippen molar-refractivity contribution in [2.24, 2.45) is 0 Å². The van der Waals surface area contributed by atoms with Gasteiger partial charge in [-0.1, -0.05) is 28.1 Å². The maximum Gasteiger partial charge on any atom is 0.0465 e. The minimum absolute atomic E-state index is 1.14. The average molecular weight is 248 g/mol. The molecule has 0 saturated heterocycles. The van der Waals surface area contributed by atoms with Crippen molar-refractivity contribution in [2.45, 2.75) is 12.8 Å². The average Bonchev–Trinajstić information content (AvgIpc) is 2.56.